The molecule has 2 aromatic carbocycles. The Kier molecular flexibility index (Phi) is 8.60. The number of carbonyl (C=O) groups is 1. The van der Waals surface area contributed by atoms with Crippen molar-refractivity contribution in [3.05, 3.63) is 53.6 Å². The first-order chi connectivity index (χ1) is 16.1. The molecule has 1 aliphatic rings. The lowest BCUT2D eigenvalue weighted by molar-refractivity contribution is 0.0693. The smallest absolute Gasteiger partial charge is 0.257 e. The van der Waals surface area contributed by atoms with Crippen molar-refractivity contribution in [2.75, 3.05) is 27.3 Å². The van der Waals surface area contributed by atoms with Gasteiger partial charge in [0, 0.05) is 19.1 Å². The lowest BCUT2D eigenvalue weighted by atomic mass is 9.98. The van der Waals surface area contributed by atoms with E-state index in [0.717, 1.165) is 18.4 Å². The van der Waals surface area contributed by atoms with Crippen LogP contribution in [0.1, 0.15) is 62.0 Å². The van der Waals surface area contributed by atoms with Crippen LogP contribution in [0.3, 0.4) is 0 Å². The van der Waals surface area contributed by atoms with Crippen molar-refractivity contribution >= 4 is 15.9 Å². The Labute approximate surface area is 203 Å². The summed E-state index contributed by atoms with van der Waals surface area (Å²) >= 11 is 0. The second kappa shape index (κ2) is 11.2. The lowest BCUT2D eigenvalue weighted by Gasteiger charge is -2.30. The van der Waals surface area contributed by atoms with Gasteiger partial charge in [0.05, 0.1) is 24.7 Å². The fraction of sp³-hybridized carbons (Fsp3) is 0.500. The molecule has 3 rings (SSSR count). The van der Waals surface area contributed by atoms with E-state index in [4.69, 9.17) is 9.47 Å². The molecule has 1 fully saturated rings. The molecular weight excluding hydrogens is 452 g/mol. The predicted octanol–water partition coefficient (Wildman–Crippen LogP) is 4.64. The van der Waals surface area contributed by atoms with Gasteiger partial charge in [-0.1, -0.05) is 32.9 Å². The summed E-state index contributed by atoms with van der Waals surface area (Å²) in [6, 6.07) is 11.4. The molecule has 1 atom stereocenters. The van der Waals surface area contributed by atoms with E-state index in [1.165, 1.54) is 19.2 Å². The Bertz CT molecular complexity index is 1070. The van der Waals surface area contributed by atoms with E-state index in [1.54, 1.807) is 18.1 Å². The molecule has 0 unspecified atom stereocenters. The third-order valence-electron chi connectivity index (χ3n) is 6.31. The van der Waals surface area contributed by atoms with Crippen LogP contribution in [0.4, 0.5) is 0 Å². The van der Waals surface area contributed by atoms with Gasteiger partial charge in [-0.15, -0.1) is 0 Å². The fourth-order valence-corrected chi connectivity index (χ4v) is 5.48. The first kappa shape index (κ1) is 26.0. The summed E-state index contributed by atoms with van der Waals surface area (Å²) in [5.41, 5.74) is 1.12. The van der Waals surface area contributed by atoms with E-state index in [0.29, 0.717) is 36.9 Å². The normalized spacial score (nSPS) is 15.9. The van der Waals surface area contributed by atoms with E-state index in [2.05, 4.69) is 25.5 Å². The maximum Gasteiger partial charge on any atom is 0.257 e. The summed E-state index contributed by atoms with van der Waals surface area (Å²) in [7, 11) is -0.818. The molecule has 0 saturated carbocycles. The Balaban J connectivity index is 1.90. The lowest BCUT2D eigenvalue weighted by Crippen LogP contribution is -2.38. The van der Waals surface area contributed by atoms with Crippen molar-refractivity contribution in [1.29, 1.82) is 0 Å². The molecule has 186 valence electrons. The summed E-state index contributed by atoms with van der Waals surface area (Å²) in [6.45, 7) is 7.60. The molecular formula is C26H36N2O5S. The van der Waals surface area contributed by atoms with Crippen molar-refractivity contribution < 1.29 is 22.7 Å². The van der Waals surface area contributed by atoms with Gasteiger partial charge in [0.2, 0.25) is 10.0 Å². The van der Waals surface area contributed by atoms with Crippen LogP contribution in [0, 0.1) is 11.8 Å². The van der Waals surface area contributed by atoms with E-state index in [1.807, 2.05) is 24.3 Å². The zero-order valence-electron chi connectivity index (χ0n) is 20.7. The van der Waals surface area contributed by atoms with Gasteiger partial charge in [-0.05, 0) is 67.0 Å². The van der Waals surface area contributed by atoms with Crippen LogP contribution in [0.5, 0.6) is 11.5 Å². The molecule has 1 saturated heterocycles. The highest BCUT2D eigenvalue weighted by Gasteiger charge is 2.27. The van der Waals surface area contributed by atoms with Gasteiger partial charge >= 0.3 is 0 Å². The summed E-state index contributed by atoms with van der Waals surface area (Å²) < 4.78 is 40.3. The number of amides is 1. The molecule has 0 spiro atoms. The second-order valence-corrected chi connectivity index (χ2v) is 11.1. The number of rotatable bonds is 9. The molecule has 0 radical (unpaired) electrons. The van der Waals surface area contributed by atoms with E-state index in [-0.39, 0.29) is 22.3 Å². The van der Waals surface area contributed by atoms with Gasteiger partial charge < -0.3 is 14.4 Å². The largest absolute Gasteiger partial charge is 0.497 e. The summed E-state index contributed by atoms with van der Waals surface area (Å²) in [4.78, 5) is 15.1. The Morgan fingerprint density at radius 2 is 1.71 bits per heavy atom. The number of carbonyl (C=O) groups excluding carboxylic acids is 1. The van der Waals surface area contributed by atoms with Gasteiger partial charge in [0.1, 0.15) is 11.5 Å². The highest BCUT2D eigenvalue weighted by Crippen LogP contribution is 2.29. The zero-order valence-corrected chi connectivity index (χ0v) is 21.5. The van der Waals surface area contributed by atoms with Gasteiger partial charge in [-0.2, -0.15) is 0 Å². The van der Waals surface area contributed by atoms with Crippen LogP contribution < -0.4 is 14.2 Å². The first-order valence-corrected chi connectivity index (χ1v) is 13.3. The van der Waals surface area contributed by atoms with Crippen molar-refractivity contribution in [3.63, 3.8) is 0 Å². The standard InChI is InChI=1S/C26H36N2O5S/c1-18(2)16-24(20-6-8-21(32-4)9-7-20)27-34(30,31)22-10-11-25(33-5)23(17-22)26(29)28-14-12-19(3)13-15-28/h6-11,17-19,24,27H,12-16H2,1-5H3/t24-/m1/s1. The molecule has 1 amide bonds. The number of hydrogen-bond donors (Lipinski definition) is 1. The Hall–Kier alpha value is -2.58. The van der Waals surface area contributed by atoms with Crippen molar-refractivity contribution in [3.8, 4) is 11.5 Å². The van der Waals surface area contributed by atoms with Crippen LogP contribution in [0.2, 0.25) is 0 Å². The number of nitrogens with zero attached hydrogens (tertiary/aromatic N) is 1. The van der Waals surface area contributed by atoms with Gasteiger partial charge in [-0.3, -0.25) is 4.79 Å². The van der Waals surface area contributed by atoms with Crippen LogP contribution in [-0.4, -0.2) is 46.5 Å². The number of sulfonamides is 1. The quantitative estimate of drug-likeness (QED) is 0.556. The minimum atomic E-state index is -3.90. The number of nitrogens with one attached hydrogen (secondary N) is 1. The van der Waals surface area contributed by atoms with Gasteiger partial charge in [-0.25, -0.2) is 13.1 Å². The molecule has 1 N–H and O–H groups in total. The topological polar surface area (TPSA) is 84.9 Å². The Morgan fingerprint density at radius 3 is 2.26 bits per heavy atom. The van der Waals surface area contributed by atoms with Gasteiger partial charge in [0.25, 0.3) is 5.91 Å². The fourth-order valence-electron chi connectivity index (χ4n) is 4.22. The minimum absolute atomic E-state index is 0.0456. The number of likely N-dealkylation sites (tertiary alicyclic amines) is 1. The monoisotopic (exact) mass is 488 g/mol. The Morgan fingerprint density at radius 1 is 1.06 bits per heavy atom. The maximum absolute atomic E-state index is 13.4. The van der Waals surface area contributed by atoms with Gasteiger partial charge in [0.15, 0.2) is 0 Å². The molecule has 34 heavy (non-hydrogen) atoms. The highest BCUT2D eigenvalue weighted by atomic mass is 32.2. The van der Waals surface area contributed by atoms with Crippen molar-refractivity contribution in [1.82, 2.24) is 9.62 Å². The third-order valence-corrected chi connectivity index (χ3v) is 7.77. The average molecular weight is 489 g/mol. The number of methoxy groups -OCH3 is 2. The number of benzene rings is 2. The molecule has 0 aliphatic carbocycles. The van der Waals surface area contributed by atoms with Crippen LogP contribution >= 0.6 is 0 Å². The second-order valence-electron chi connectivity index (χ2n) is 9.41. The van der Waals surface area contributed by atoms with Crippen molar-refractivity contribution in [2.24, 2.45) is 11.8 Å². The highest BCUT2D eigenvalue weighted by molar-refractivity contribution is 7.89. The summed E-state index contributed by atoms with van der Waals surface area (Å²) in [6.07, 6.45) is 2.50. The van der Waals surface area contributed by atoms with E-state index >= 15 is 0 Å². The molecule has 7 nitrogen and oxygen atoms in total. The summed E-state index contributed by atoms with van der Waals surface area (Å²) in [5, 5.41) is 0. The summed E-state index contributed by atoms with van der Waals surface area (Å²) in [5.74, 6) is 1.73. The average Bonchev–Trinajstić information content (AvgIpc) is 2.83. The molecule has 8 heteroatoms. The molecule has 1 aliphatic heterocycles. The first-order valence-electron chi connectivity index (χ1n) is 11.8. The van der Waals surface area contributed by atoms with Crippen LogP contribution in [-0.2, 0) is 10.0 Å². The molecule has 2 aromatic rings. The maximum atomic E-state index is 13.4. The minimum Gasteiger partial charge on any atom is -0.497 e. The van der Waals surface area contributed by atoms with Crippen LogP contribution in [0.15, 0.2) is 47.4 Å². The van der Waals surface area contributed by atoms with E-state index in [9.17, 15) is 13.2 Å². The van der Waals surface area contributed by atoms with Crippen LogP contribution in [0.25, 0.3) is 0 Å². The number of hydrogen-bond acceptors (Lipinski definition) is 5. The zero-order chi connectivity index (χ0) is 24.9. The number of piperidine rings is 1. The van der Waals surface area contributed by atoms with Crippen molar-refractivity contribution in [2.45, 2.75) is 51.0 Å². The SMILES string of the molecule is COc1ccc([C@@H](CC(C)C)NS(=O)(=O)c2ccc(OC)c(C(=O)N3CCC(C)CC3)c2)cc1. The predicted molar refractivity (Wildman–Crippen MR) is 133 cm³/mol. The molecule has 0 aromatic heterocycles. The molecule has 1 heterocycles. The third kappa shape index (κ3) is 6.30. The number of ether oxygens (including phenoxy) is 2. The molecule has 0 bridgehead atoms. The van der Waals surface area contributed by atoms with E-state index < -0.39 is 16.1 Å².